The van der Waals surface area contributed by atoms with Crippen LogP contribution in [0.2, 0.25) is 0 Å². The fourth-order valence-electron chi connectivity index (χ4n) is 1.91. The molecule has 0 atom stereocenters. The van der Waals surface area contributed by atoms with Crippen molar-refractivity contribution in [1.29, 1.82) is 0 Å². The number of pyridine rings is 1. The average Bonchev–Trinajstić information content (AvgIpc) is 2.35. The molecule has 0 amide bonds. The Bertz CT molecular complexity index is 570. The second-order valence-electron chi connectivity index (χ2n) is 5.32. The summed E-state index contributed by atoms with van der Waals surface area (Å²) in [5, 5.41) is 0.977. The molecule has 0 N–H and O–H groups in total. The number of fused-ring (bicyclic) bond motifs is 1. The van der Waals surface area contributed by atoms with Crippen molar-refractivity contribution in [3.8, 4) is 11.5 Å². The standard InChI is InChI=1S/C15H19NO2/c1-15(2,3)13-9-12(18-5)10-7-6-8-11(17-4)14(10)16-13/h6-9H,1-5H3. The maximum absolute atomic E-state index is 5.47. The minimum atomic E-state index is -0.0255. The number of nitrogens with zero attached hydrogens (tertiary/aromatic N) is 1. The average molecular weight is 245 g/mol. The lowest BCUT2D eigenvalue weighted by Gasteiger charge is -2.20. The molecule has 96 valence electrons. The molecular weight excluding hydrogens is 226 g/mol. The Morgan fingerprint density at radius 1 is 1.00 bits per heavy atom. The van der Waals surface area contributed by atoms with E-state index in [1.54, 1.807) is 14.2 Å². The molecule has 0 saturated carbocycles. The van der Waals surface area contributed by atoms with Crippen LogP contribution in [0, 0.1) is 0 Å². The van der Waals surface area contributed by atoms with E-state index >= 15 is 0 Å². The zero-order valence-corrected chi connectivity index (χ0v) is 11.6. The normalized spacial score (nSPS) is 11.6. The lowest BCUT2D eigenvalue weighted by molar-refractivity contribution is 0.411. The fourth-order valence-corrected chi connectivity index (χ4v) is 1.91. The highest BCUT2D eigenvalue weighted by molar-refractivity contribution is 5.90. The lowest BCUT2D eigenvalue weighted by Crippen LogP contribution is -2.14. The van der Waals surface area contributed by atoms with Crippen LogP contribution in [0.15, 0.2) is 24.3 Å². The molecule has 0 aliphatic carbocycles. The first-order valence-electron chi connectivity index (χ1n) is 5.99. The Morgan fingerprint density at radius 3 is 2.22 bits per heavy atom. The van der Waals surface area contributed by atoms with E-state index in [2.05, 4.69) is 20.8 Å². The quantitative estimate of drug-likeness (QED) is 0.810. The molecule has 0 radical (unpaired) electrons. The highest BCUT2D eigenvalue weighted by Crippen LogP contribution is 2.34. The molecule has 0 unspecified atom stereocenters. The van der Waals surface area contributed by atoms with Gasteiger partial charge in [-0.05, 0) is 12.1 Å². The van der Waals surface area contributed by atoms with E-state index in [1.165, 1.54) is 0 Å². The number of aromatic nitrogens is 1. The largest absolute Gasteiger partial charge is 0.496 e. The first-order valence-corrected chi connectivity index (χ1v) is 5.99. The zero-order chi connectivity index (χ0) is 13.3. The lowest BCUT2D eigenvalue weighted by atomic mass is 9.91. The second kappa shape index (κ2) is 4.48. The molecular formula is C15H19NO2. The van der Waals surface area contributed by atoms with Gasteiger partial charge in [-0.15, -0.1) is 0 Å². The molecule has 0 bridgehead atoms. The SMILES string of the molecule is COc1cc(C(C)(C)C)nc2c(OC)cccc12. The Hall–Kier alpha value is -1.77. The van der Waals surface area contributed by atoms with Gasteiger partial charge < -0.3 is 9.47 Å². The molecule has 1 heterocycles. The van der Waals surface area contributed by atoms with E-state index in [0.29, 0.717) is 0 Å². The van der Waals surface area contributed by atoms with Gasteiger partial charge in [0.25, 0.3) is 0 Å². The summed E-state index contributed by atoms with van der Waals surface area (Å²) in [7, 11) is 3.34. The zero-order valence-electron chi connectivity index (χ0n) is 11.6. The van der Waals surface area contributed by atoms with Crippen molar-refractivity contribution in [2.75, 3.05) is 14.2 Å². The van der Waals surface area contributed by atoms with E-state index in [4.69, 9.17) is 14.5 Å². The van der Waals surface area contributed by atoms with Gasteiger partial charge in [0.15, 0.2) is 0 Å². The summed E-state index contributed by atoms with van der Waals surface area (Å²) in [6.07, 6.45) is 0. The van der Waals surface area contributed by atoms with E-state index in [9.17, 15) is 0 Å². The Labute approximate surface area is 108 Å². The molecule has 2 rings (SSSR count). The van der Waals surface area contributed by atoms with Gasteiger partial charge in [0.05, 0.1) is 19.9 Å². The van der Waals surface area contributed by atoms with Gasteiger partial charge in [-0.3, -0.25) is 0 Å². The molecule has 2 aromatic rings. The fraction of sp³-hybridized carbons (Fsp3) is 0.400. The van der Waals surface area contributed by atoms with Crippen LogP contribution in [0.5, 0.6) is 11.5 Å². The van der Waals surface area contributed by atoms with E-state index in [1.807, 2.05) is 24.3 Å². The molecule has 1 aromatic carbocycles. The van der Waals surface area contributed by atoms with Gasteiger partial charge in [0.1, 0.15) is 17.0 Å². The number of hydrogen-bond acceptors (Lipinski definition) is 3. The van der Waals surface area contributed by atoms with Gasteiger partial charge in [0.2, 0.25) is 0 Å². The summed E-state index contributed by atoms with van der Waals surface area (Å²) < 4.78 is 10.8. The molecule has 3 nitrogen and oxygen atoms in total. The third kappa shape index (κ3) is 2.13. The number of para-hydroxylation sites is 1. The summed E-state index contributed by atoms with van der Waals surface area (Å²) in [6.45, 7) is 6.40. The van der Waals surface area contributed by atoms with Crippen molar-refractivity contribution in [3.63, 3.8) is 0 Å². The van der Waals surface area contributed by atoms with Crippen LogP contribution in [-0.4, -0.2) is 19.2 Å². The molecule has 0 spiro atoms. The number of benzene rings is 1. The van der Waals surface area contributed by atoms with Gasteiger partial charge in [0, 0.05) is 16.9 Å². The number of methoxy groups -OCH3 is 2. The maximum atomic E-state index is 5.47. The topological polar surface area (TPSA) is 31.4 Å². The van der Waals surface area contributed by atoms with Crippen molar-refractivity contribution in [1.82, 2.24) is 4.98 Å². The van der Waals surface area contributed by atoms with E-state index in [-0.39, 0.29) is 5.41 Å². The molecule has 3 heteroatoms. The highest BCUT2D eigenvalue weighted by Gasteiger charge is 2.19. The Morgan fingerprint density at radius 2 is 1.67 bits per heavy atom. The number of rotatable bonds is 2. The molecule has 0 aliphatic heterocycles. The van der Waals surface area contributed by atoms with Crippen LogP contribution in [0.4, 0.5) is 0 Å². The van der Waals surface area contributed by atoms with Crippen molar-refractivity contribution in [2.45, 2.75) is 26.2 Å². The molecule has 18 heavy (non-hydrogen) atoms. The number of hydrogen-bond donors (Lipinski definition) is 0. The maximum Gasteiger partial charge on any atom is 0.145 e. The first kappa shape index (κ1) is 12.7. The second-order valence-corrected chi connectivity index (χ2v) is 5.32. The van der Waals surface area contributed by atoms with Gasteiger partial charge >= 0.3 is 0 Å². The Balaban J connectivity index is 2.80. The van der Waals surface area contributed by atoms with Crippen LogP contribution >= 0.6 is 0 Å². The van der Waals surface area contributed by atoms with E-state index in [0.717, 1.165) is 28.1 Å². The third-order valence-electron chi connectivity index (χ3n) is 2.97. The Kier molecular flexibility index (Phi) is 3.16. The van der Waals surface area contributed by atoms with Gasteiger partial charge in [-0.25, -0.2) is 4.98 Å². The molecule has 0 saturated heterocycles. The number of ether oxygens (including phenoxy) is 2. The molecule has 1 aromatic heterocycles. The third-order valence-corrected chi connectivity index (χ3v) is 2.97. The summed E-state index contributed by atoms with van der Waals surface area (Å²) in [5.74, 6) is 1.61. The summed E-state index contributed by atoms with van der Waals surface area (Å²) >= 11 is 0. The van der Waals surface area contributed by atoms with Crippen LogP contribution < -0.4 is 9.47 Å². The van der Waals surface area contributed by atoms with Crippen molar-refractivity contribution in [3.05, 3.63) is 30.0 Å². The predicted octanol–water partition coefficient (Wildman–Crippen LogP) is 3.55. The molecule has 0 aliphatic rings. The predicted molar refractivity (Wildman–Crippen MR) is 73.5 cm³/mol. The van der Waals surface area contributed by atoms with Crippen LogP contribution in [0.1, 0.15) is 26.5 Å². The van der Waals surface area contributed by atoms with Crippen LogP contribution in [0.25, 0.3) is 10.9 Å². The smallest absolute Gasteiger partial charge is 0.145 e. The van der Waals surface area contributed by atoms with Gasteiger partial charge in [-0.2, -0.15) is 0 Å². The monoisotopic (exact) mass is 245 g/mol. The summed E-state index contributed by atoms with van der Waals surface area (Å²) in [5.41, 5.74) is 1.82. The van der Waals surface area contributed by atoms with Gasteiger partial charge in [-0.1, -0.05) is 26.8 Å². The minimum Gasteiger partial charge on any atom is -0.496 e. The summed E-state index contributed by atoms with van der Waals surface area (Å²) in [6, 6.07) is 7.86. The summed E-state index contributed by atoms with van der Waals surface area (Å²) in [4.78, 5) is 4.72. The van der Waals surface area contributed by atoms with Crippen molar-refractivity contribution < 1.29 is 9.47 Å². The van der Waals surface area contributed by atoms with Crippen molar-refractivity contribution in [2.24, 2.45) is 0 Å². The van der Waals surface area contributed by atoms with Crippen LogP contribution in [-0.2, 0) is 5.41 Å². The first-order chi connectivity index (χ1) is 8.47. The van der Waals surface area contributed by atoms with Crippen LogP contribution in [0.3, 0.4) is 0 Å². The highest BCUT2D eigenvalue weighted by atomic mass is 16.5. The molecule has 0 fully saturated rings. The minimum absolute atomic E-state index is 0.0255. The van der Waals surface area contributed by atoms with Crippen molar-refractivity contribution >= 4 is 10.9 Å². The van der Waals surface area contributed by atoms with E-state index < -0.39 is 0 Å².